The highest BCUT2D eigenvalue weighted by atomic mass is 16.2. The van der Waals surface area contributed by atoms with Gasteiger partial charge in [-0.15, -0.1) is 0 Å². The number of carbonyl (C=O) groups is 2. The summed E-state index contributed by atoms with van der Waals surface area (Å²) in [7, 11) is 1.63. The van der Waals surface area contributed by atoms with Gasteiger partial charge >= 0.3 is 0 Å². The zero-order chi connectivity index (χ0) is 10.8. The number of primary amides is 1. The van der Waals surface area contributed by atoms with Crippen LogP contribution in [-0.2, 0) is 9.59 Å². The minimum absolute atomic E-state index is 0.0319. The summed E-state index contributed by atoms with van der Waals surface area (Å²) >= 11 is 0. The van der Waals surface area contributed by atoms with Gasteiger partial charge in [0.05, 0.1) is 12.0 Å². The fourth-order valence-corrected chi connectivity index (χ4v) is 1.90. The van der Waals surface area contributed by atoms with Gasteiger partial charge < -0.3 is 11.1 Å². The van der Waals surface area contributed by atoms with Crippen LogP contribution < -0.4 is 11.1 Å². The van der Waals surface area contributed by atoms with Crippen LogP contribution in [0.4, 0.5) is 0 Å². The lowest BCUT2D eigenvalue weighted by molar-refractivity contribution is -0.129. The Morgan fingerprint density at radius 1 is 1.57 bits per heavy atom. The second-order valence-corrected chi connectivity index (χ2v) is 4.07. The van der Waals surface area contributed by atoms with Crippen molar-refractivity contribution in [2.75, 3.05) is 26.7 Å². The van der Waals surface area contributed by atoms with Crippen molar-refractivity contribution in [2.45, 2.75) is 13.3 Å². The Hall–Kier alpha value is -1.10. The molecule has 2 amide bonds. The number of hydrogen-bond donors (Lipinski definition) is 2. The van der Waals surface area contributed by atoms with E-state index in [1.54, 1.807) is 7.05 Å². The average Bonchev–Trinajstić information content (AvgIpc) is 2.46. The van der Waals surface area contributed by atoms with Gasteiger partial charge in [0.15, 0.2) is 0 Å². The van der Waals surface area contributed by atoms with Gasteiger partial charge in [-0.25, -0.2) is 0 Å². The molecule has 0 radical (unpaired) electrons. The van der Waals surface area contributed by atoms with E-state index in [2.05, 4.69) is 5.32 Å². The summed E-state index contributed by atoms with van der Waals surface area (Å²) < 4.78 is 0. The lowest BCUT2D eigenvalue weighted by Gasteiger charge is -2.22. The Morgan fingerprint density at radius 3 is 2.71 bits per heavy atom. The van der Waals surface area contributed by atoms with Crippen LogP contribution >= 0.6 is 0 Å². The van der Waals surface area contributed by atoms with Crippen molar-refractivity contribution in [1.82, 2.24) is 10.2 Å². The molecule has 1 aliphatic heterocycles. The molecule has 0 aromatic carbocycles. The van der Waals surface area contributed by atoms with E-state index >= 15 is 0 Å². The van der Waals surface area contributed by atoms with Crippen molar-refractivity contribution in [3.8, 4) is 0 Å². The summed E-state index contributed by atoms with van der Waals surface area (Å²) in [5.74, 6) is -0.310. The van der Waals surface area contributed by atoms with Crippen molar-refractivity contribution >= 4 is 11.8 Å². The highest BCUT2D eigenvalue weighted by Gasteiger charge is 2.39. The fraction of sp³-hybridized carbons (Fsp3) is 0.778. The molecule has 1 aliphatic rings. The van der Waals surface area contributed by atoms with Crippen LogP contribution in [0.15, 0.2) is 0 Å². The maximum absolute atomic E-state index is 11.5. The molecule has 1 heterocycles. The van der Waals surface area contributed by atoms with Crippen LogP contribution in [0.3, 0.4) is 0 Å². The second-order valence-electron chi connectivity index (χ2n) is 4.07. The molecule has 1 saturated heterocycles. The number of rotatable bonds is 3. The molecule has 0 aromatic rings. The molecule has 0 aliphatic carbocycles. The van der Waals surface area contributed by atoms with Crippen molar-refractivity contribution in [2.24, 2.45) is 11.1 Å². The zero-order valence-corrected chi connectivity index (χ0v) is 8.67. The van der Waals surface area contributed by atoms with Crippen LogP contribution in [0, 0.1) is 5.41 Å². The number of hydrogen-bond acceptors (Lipinski definition) is 3. The van der Waals surface area contributed by atoms with Crippen molar-refractivity contribution in [3.63, 3.8) is 0 Å². The fourth-order valence-electron chi connectivity index (χ4n) is 1.90. The van der Waals surface area contributed by atoms with E-state index in [0.29, 0.717) is 6.54 Å². The van der Waals surface area contributed by atoms with E-state index in [1.807, 2.05) is 11.8 Å². The number of likely N-dealkylation sites (tertiary alicyclic amines) is 1. The molecule has 0 spiro atoms. The van der Waals surface area contributed by atoms with Crippen LogP contribution in [0.1, 0.15) is 13.3 Å². The predicted molar refractivity (Wildman–Crippen MR) is 52.4 cm³/mol. The van der Waals surface area contributed by atoms with Gasteiger partial charge in [-0.2, -0.15) is 0 Å². The van der Waals surface area contributed by atoms with Crippen molar-refractivity contribution in [3.05, 3.63) is 0 Å². The number of carbonyl (C=O) groups excluding carboxylic acids is 2. The van der Waals surface area contributed by atoms with Crippen molar-refractivity contribution < 1.29 is 9.59 Å². The van der Waals surface area contributed by atoms with E-state index in [1.165, 1.54) is 0 Å². The molecule has 80 valence electrons. The summed E-state index contributed by atoms with van der Waals surface area (Å²) in [5, 5.41) is 2.64. The van der Waals surface area contributed by atoms with Gasteiger partial charge in [0.1, 0.15) is 0 Å². The molecular weight excluding hydrogens is 182 g/mol. The number of amides is 2. The lowest BCUT2D eigenvalue weighted by Crippen LogP contribution is -2.40. The summed E-state index contributed by atoms with van der Waals surface area (Å²) in [4.78, 5) is 24.1. The number of nitrogens with two attached hydrogens (primary N) is 1. The Balaban J connectivity index is 2.55. The molecule has 1 atom stereocenters. The maximum atomic E-state index is 11.5. The third-order valence-electron chi connectivity index (χ3n) is 2.71. The Kier molecular flexibility index (Phi) is 3.10. The third-order valence-corrected chi connectivity index (χ3v) is 2.71. The first-order valence-electron chi connectivity index (χ1n) is 4.71. The highest BCUT2D eigenvalue weighted by molar-refractivity contribution is 5.83. The SMILES string of the molecule is CNC(=O)C1(C)CCN(CC(N)=O)C1. The van der Waals surface area contributed by atoms with E-state index in [-0.39, 0.29) is 23.8 Å². The molecule has 1 rings (SSSR count). The topological polar surface area (TPSA) is 75.4 Å². The molecule has 3 N–H and O–H groups in total. The van der Waals surface area contributed by atoms with Crippen LogP contribution in [-0.4, -0.2) is 43.4 Å². The molecule has 0 bridgehead atoms. The second kappa shape index (κ2) is 3.96. The minimum Gasteiger partial charge on any atom is -0.369 e. The van der Waals surface area contributed by atoms with Crippen LogP contribution in [0.5, 0.6) is 0 Å². The smallest absolute Gasteiger partial charge is 0.231 e. The molecule has 1 fully saturated rings. The predicted octanol–water partition coefficient (Wildman–Crippen LogP) is -1.07. The highest BCUT2D eigenvalue weighted by Crippen LogP contribution is 2.29. The third kappa shape index (κ3) is 2.23. The van der Waals surface area contributed by atoms with Gasteiger partial charge in [0, 0.05) is 13.6 Å². The first kappa shape index (κ1) is 11.0. The summed E-state index contributed by atoms with van der Waals surface area (Å²) in [6, 6.07) is 0. The van der Waals surface area contributed by atoms with Gasteiger partial charge in [-0.1, -0.05) is 0 Å². The van der Waals surface area contributed by atoms with Gasteiger partial charge in [-0.05, 0) is 19.9 Å². The van der Waals surface area contributed by atoms with Crippen LogP contribution in [0.2, 0.25) is 0 Å². The van der Waals surface area contributed by atoms with E-state index in [0.717, 1.165) is 13.0 Å². The maximum Gasteiger partial charge on any atom is 0.231 e. The monoisotopic (exact) mass is 199 g/mol. The number of nitrogens with zero attached hydrogens (tertiary/aromatic N) is 1. The molecule has 0 saturated carbocycles. The van der Waals surface area contributed by atoms with E-state index in [9.17, 15) is 9.59 Å². The van der Waals surface area contributed by atoms with Gasteiger partial charge in [0.25, 0.3) is 0 Å². The molecule has 5 nitrogen and oxygen atoms in total. The number of nitrogens with one attached hydrogen (secondary N) is 1. The largest absolute Gasteiger partial charge is 0.369 e. The summed E-state index contributed by atoms with van der Waals surface area (Å²) in [6.07, 6.45) is 0.778. The normalized spacial score (nSPS) is 27.6. The Morgan fingerprint density at radius 2 is 2.21 bits per heavy atom. The standard InChI is InChI=1S/C9H17N3O2/c1-9(8(14)11-2)3-4-12(6-9)5-7(10)13/h3-6H2,1-2H3,(H2,10,13)(H,11,14). The van der Waals surface area contributed by atoms with Crippen molar-refractivity contribution in [1.29, 1.82) is 0 Å². The van der Waals surface area contributed by atoms with Gasteiger partial charge in [0.2, 0.25) is 11.8 Å². The summed E-state index contributed by atoms with van der Waals surface area (Å²) in [5.41, 5.74) is 4.72. The Labute approximate surface area is 83.6 Å². The molecule has 0 aromatic heterocycles. The van der Waals surface area contributed by atoms with E-state index < -0.39 is 0 Å². The lowest BCUT2D eigenvalue weighted by atomic mass is 9.89. The Bertz CT molecular complexity index is 254. The van der Waals surface area contributed by atoms with Crippen LogP contribution in [0.25, 0.3) is 0 Å². The van der Waals surface area contributed by atoms with Gasteiger partial charge in [-0.3, -0.25) is 14.5 Å². The van der Waals surface area contributed by atoms with E-state index in [4.69, 9.17) is 5.73 Å². The molecule has 14 heavy (non-hydrogen) atoms. The zero-order valence-electron chi connectivity index (χ0n) is 8.67. The average molecular weight is 199 g/mol. The molecule has 1 unspecified atom stereocenters. The first-order valence-corrected chi connectivity index (χ1v) is 4.71. The molecule has 5 heteroatoms. The summed E-state index contributed by atoms with van der Waals surface area (Å²) in [6.45, 7) is 3.52. The first-order chi connectivity index (χ1) is 6.48. The molecular formula is C9H17N3O2. The minimum atomic E-state index is -0.371. The quantitative estimate of drug-likeness (QED) is 0.607.